The minimum Gasteiger partial charge on any atom is -0.258 e. The normalized spacial score (nSPS) is 11.6. The first kappa shape index (κ1) is 18.5. The summed E-state index contributed by atoms with van der Waals surface area (Å²) in [6, 6.07) is 20.7. The van der Waals surface area contributed by atoms with Crippen molar-refractivity contribution in [3.05, 3.63) is 94.0 Å². The fourth-order valence-electron chi connectivity index (χ4n) is 2.70. The SMILES string of the molecule is CS(=O)(=O)c1ccc(-c2ccc([N+](=O)[O-])cc2C=Cc2ccccc2)cc1. The molecule has 5 nitrogen and oxygen atoms in total. The van der Waals surface area contributed by atoms with Crippen molar-refractivity contribution in [1.82, 2.24) is 0 Å². The molecule has 136 valence electrons. The zero-order valence-electron chi connectivity index (χ0n) is 14.6. The van der Waals surface area contributed by atoms with Gasteiger partial charge in [0.1, 0.15) is 0 Å². The second-order valence-electron chi connectivity index (χ2n) is 6.07. The van der Waals surface area contributed by atoms with Gasteiger partial charge in [0, 0.05) is 18.4 Å². The minimum atomic E-state index is -3.28. The highest BCUT2D eigenvalue weighted by Crippen LogP contribution is 2.30. The molecule has 0 aromatic heterocycles. The Bertz CT molecular complexity index is 1100. The average molecular weight is 379 g/mol. The maximum Gasteiger partial charge on any atom is 0.270 e. The van der Waals surface area contributed by atoms with E-state index in [1.54, 1.807) is 18.2 Å². The van der Waals surface area contributed by atoms with E-state index in [1.807, 2.05) is 42.5 Å². The molecule has 0 radical (unpaired) electrons. The summed E-state index contributed by atoms with van der Waals surface area (Å²) in [5.74, 6) is 0. The Morgan fingerprint density at radius 3 is 2.15 bits per heavy atom. The molecule has 0 saturated carbocycles. The van der Waals surface area contributed by atoms with Crippen LogP contribution in [0.4, 0.5) is 5.69 Å². The van der Waals surface area contributed by atoms with Crippen LogP contribution >= 0.6 is 0 Å². The highest BCUT2D eigenvalue weighted by atomic mass is 32.2. The number of nitro groups is 1. The van der Waals surface area contributed by atoms with Gasteiger partial charge in [0.05, 0.1) is 9.82 Å². The van der Waals surface area contributed by atoms with E-state index in [0.29, 0.717) is 5.56 Å². The van der Waals surface area contributed by atoms with E-state index in [2.05, 4.69) is 0 Å². The summed E-state index contributed by atoms with van der Waals surface area (Å²) in [5.41, 5.74) is 3.22. The van der Waals surface area contributed by atoms with Gasteiger partial charge in [-0.05, 0) is 40.5 Å². The van der Waals surface area contributed by atoms with Crippen molar-refractivity contribution in [3.63, 3.8) is 0 Å². The molecule has 3 aromatic carbocycles. The highest BCUT2D eigenvalue weighted by Gasteiger charge is 2.12. The van der Waals surface area contributed by atoms with Gasteiger partial charge in [0.15, 0.2) is 9.84 Å². The minimum absolute atomic E-state index is 0.000724. The van der Waals surface area contributed by atoms with E-state index in [1.165, 1.54) is 24.3 Å². The first-order valence-electron chi connectivity index (χ1n) is 8.17. The van der Waals surface area contributed by atoms with Gasteiger partial charge in [0.25, 0.3) is 5.69 Å². The topological polar surface area (TPSA) is 77.3 Å². The van der Waals surface area contributed by atoms with Crippen molar-refractivity contribution in [2.24, 2.45) is 0 Å². The quantitative estimate of drug-likeness (QED) is 0.361. The molecule has 0 aliphatic heterocycles. The monoisotopic (exact) mass is 379 g/mol. The van der Waals surface area contributed by atoms with Crippen molar-refractivity contribution in [1.29, 1.82) is 0 Å². The van der Waals surface area contributed by atoms with E-state index < -0.39 is 14.8 Å². The number of nitro benzene ring substituents is 1. The summed E-state index contributed by atoms with van der Waals surface area (Å²) in [7, 11) is -3.28. The molecule has 0 N–H and O–H groups in total. The van der Waals surface area contributed by atoms with Gasteiger partial charge < -0.3 is 0 Å². The standard InChI is InChI=1S/C21H17NO4S/c1-27(25,26)20-12-9-17(10-13-20)21-14-11-19(22(23)24)15-18(21)8-7-16-5-3-2-4-6-16/h2-15H,1H3. The maximum atomic E-state index is 11.6. The summed E-state index contributed by atoms with van der Waals surface area (Å²) in [4.78, 5) is 10.9. The molecular formula is C21H17NO4S. The summed E-state index contributed by atoms with van der Waals surface area (Å²) < 4.78 is 23.3. The van der Waals surface area contributed by atoms with Crippen LogP contribution in [-0.2, 0) is 9.84 Å². The van der Waals surface area contributed by atoms with E-state index >= 15 is 0 Å². The van der Waals surface area contributed by atoms with Crippen molar-refractivity contribution in [2.75, 3.05) is 6.26 Å². The Morgan fingerprint density at radius 2 is 1.56 bits per heavy atom. The second kappa shape index (κ2) is 7.55. The van der Waals surface area contributed by atoms with Gasteiger partial charge in [-0.15, -0.1) is 0 Å². The van der Waals surface area contributed by atoms with Crippen LogP contribution in [0.25, 0.3) is 23.3 Å². The van der Waals surface area contributed by atoms with Gasteiger partial charge in [-0.2, -0.15) is 0 Å². The third kappa shape index (κ3) is 4.48. The van der Waals surface area contributed by atoms with Crippen LogP contribution in [0.5, 0.6) is 0 Å². The Kier molecular flexibility index (Phi) is 5.19. The number of non-ortho nitro benzene ring substituents is 1. The Balaban J connectivity index is 2.06. The highest BCUT2D eigenvalue weighted by molar-refractivity contribution is 7.90. The zero-order valence-corrected chi connectivity index (χ0v) is 15.4. The molecule has 0 saturated heterocycles. The first-order valence-corrected chi connectivity index (χ1v) is 10.1. The third-order valence-corrected chi connectivity index (χ3v) is 5.22. The summed E-state index contributed by atoms with van der Waals surface area (Å²) >= 11 is 0. The van der Waals surface area contributed by atoms with Gasteiger partial charge in [-0.1, -0.05) is 54.6 Å². The van der Waals surface area contributed by atoms with Crippen molar-refractivity contribution in [2.45, 2.75) is 4.90 Å². The molecular weight excluding hydrogens is 362 g/mol. The predicted octanol–water partition coefficient (Wildman–Crippen LogP) is 4.84. The number of hydrogen-bond donors (Lipinski definition) is 0. The van der Waals surface area contributed by atoms with E-state index in [0.717, 1.165) is 22.9 Å². The molecule has 0 heterocycles. The Labute approximate surface area is 157 Å². The molecule has 0 aliphatic carbocycles. The summed E-state index contributed by atoms with van der Waals surface area (Å²) in [6.45, 7) is 0. The lowest BCUT2D eigenvalue weighted by molar-refractivity contribution is -0.384. The number of sulfone groups is 1. The molecule has 0 atom stereocenters. The number of hydrogen-bond acceptors (Lipinski definition) is 4. The average Bonchev–Trinajstić information content (AvgIpc) is 2.66. The van der Waals surface area contributed by atoms with Gasteiger partial charge in [-0.25, -0.2) is 8.42 Å². The van der Waals surface area contributed by atoms with Gasteiger partial charge in [0.2, 0.25) is 0 Å². The first-order chi connectivity index (χ1) is 12.8. The maximum absolute atomic E-state index is 11.6. The number of rotatable bonds is 5. The molecule has 27 heavy (non-hydrogen) atoms. The Hall–Kier alpha value is -3.25. The van der Waals surface area contributed by atoms with Crippen LogP contribution in [0, 0.1) is 10.1 Å². The number of benzene rings is 3. The van der Waals surface area contributed by atoms with Crippen molar-refractivity contribution >= 4 is 27.7 Å². The molecule has 0 aliphatic rings. The van der Waals surface area contributed by atoms with Crippen LogP contribution < -0.4 is 0 Å². The zero-order chi connectivity index (χ0) is 19.4. The van der Waals surface area contributed by atoms with Crippen LogP contribution in [0.1, 0.15) is 11.1 Å². The lowest BCUT2D eigenvalue weighted by Crippen LogP contribution is -1.96. The fraction of sp³-hybridized carbons (Fsp3) is 0.0476. The number of nitrogens with zero attached hydrogens (tertiary/aromatic N) is 1. The molecule has 0 amide bonds. The van der Waals surface area contributed by atoms with E-state index in [-0.39, 0.29) is 10.6 Å². The van der Waals surface area contributed by atoms with E-state index in [4.69, 9.17) is 0 Å². The third-order valence-electron chi connectivity index (χ3n) is 4.09. The van der Waals surface area contributed by atoms with Crippen molar-refractivity contribution < 1.29 is 13.3 Å². The molecule has 3 rings (SSSR count). The van der Waals surface area contributed by atoms with Crippen molar-refractivity contribution in [3.8, 4) is 11.1 Å². The second-order valence-corrected chi connectivity index (χ2v) is 8.08. The van der Waals surface area contributed by atoms with Crippen LogP contribution in [0.15, 0.2) is 77.7 Å². The molecule has 3 aromatic rings. The van der Waals surface area contributed by atoms with E-state index in [9.17, 15) is 18.5 Å². The lowest BCUT2D eigenvalue weighted by Gasteiger charge is -2.08. The predicted molar refractivity (Wildman–Crippen MR) is 107 cm³/mol. The molecule has 0 fully saturated rings. The smallest absolute Gasteiger partial charge is 0.258 e. The molecule has 0 spiro atoms. The van der Waals surface area contributed by atoms with Crippen LogP contribution in [0.3, 0.4) is 0 Å². The van der Waals surface area contributed by atoms with Gasteiger partial charge >= 0.3 is 0 Å². The van der Waals surface area contributed by atoms with Crippen LogP contribution in [-0.4, -0.2) is 19.6 Å². The Morgan fingerprint density at radius 1 is 0.889 bits per heavy atom. The summed E-state index contributed by atoms with van der Waals surface area (Å²) in [5, 5.41) is 11.1. The lowest BCUT2D eigenvalue weighted by atomic mass is 9.98. The van der Waals surface area contributed by atoms with Crippen LogP contribution in [0.2, 0.25) is 0 Å². The molecule has 6 heteroatoms. The largest absolute Gasteiger partial charge is 0.270 e. The summed E-state index contributed by atoms with van der Waals surface area (Å²) in [6.07, 6.45) is 4.86. The van der Waals surface area contributed by atoms with Gasteiger partial charge in [-0.3, -0.25) is 10.1 Å². The molecule has 0 unspecified atom stereocenters. The molecule has 0 bridgehead atoms. The fourth-order valence-corrected chi connectivity index (χ4v) is 3.33.